The maximum atomic E-state index is 11.6. The van der Waals surface area contributed by atoms with Crippen LogP contribution in [0.25, 0.3) is 0 Å². The number of nitrogens with zero attached hydrogens (tertiary/aromatic N) is 2. The Bertz CT molecular complexity index is 217. The molecule has 7 heteroatoms. The number of halogens is 3. The van der Waals surface area contributed by atoms with E-state index in [-0.39, 0.29) is 6.54 Å². The van der Waals surface area contributed by atoms with Gasteiger partial charge < -0.3 is 5.32 Å². The molecule has 0 aliphatic carbocycles. The number of alkyl halides is 3. The maximum absolute atomic E-state index is 11.6. The molecule has 68 valence electrons. The van der Waals surface area contributed by atoms with Gasteiger partial charge in [-0.2, -0.15) is 28.6 Å². The monoisotopic (exact) mass is 180 g/mol. The van der Waals surface area contributed by atoms with Gasteiger partial charge >= 0.3 is 6.18 Å². The summed E-state index contributed by atoms with van der Waals surface area (Å²) in [6, 6.07) is 0. The molecule has 0 unspecified atom stereocenters. The van der Waals surface area contributed by atoms with Crippen LogP contribution in [-0.2, 0) is 6.54 Å². The van der Waals surface area contributed by atoms with Crippen molar-refractivity contribution in [2.45, 2.75) is 12.7 Å². The van der Waals surface area contributed by atoms with Crippen LogP contribution in [-0.4, -0.2) is 28.1 Å². The quantitative estimate of drug-likeness (QED) is 0.710. The summed E-state index contributed by atoms with van der Waals surface area (Å²) in [4.78, 5) is 0. The minimum atomic E-state index is -4.18. The lowest BCUT2D eigenvalue weighted by atomic mass is 10.4. The largest absolute Gasteiger partial charge is 0.401 e. The molecule has 0 saturated carbocycles. The Labute approximate surface area is 66.2 Å². The molecule has 0 radical (unpaired) electrons. The van der Waals surface area contributed by atoms with E-state index in [9.17, 15) is 13.2 Å². The van der Waals surface area contributed by atoms with E-state index in [2.05, 4.69) is 20.7 Å². The molecule has 0 bridgehead atoms. The summed E-state index contributed by atoms with van der Waals surface area (Å²) in [6.45, 7) is -0.949. The zero-order chi connectivity index (χ0) is 9.03. The van der Waals surface area contributed by atoms with Gasteiger partial charge in [0, 0.05) is 6.54 Å². The third-order valence-electron chi connectivity index (χ3n) is 1.10. The molecule has 1 aromatic heterocycles. The topological polar surface area (TPSA) is 53.6 Å². The normalized spacial score (nSPS) is 11.9. The molecule has 0 spiro atoms. The molecular formula is C5H7F3N4. The highest BCUT2D eigenvalue weighted by atomic mass is 19.4. The molecule has 2 N–H and O–H groups in total. The summed E-state index contributed by atoms with van der Waals surface area (Å²) in [5.41, 5.74) is 0.458. The Kier molecular flexibility index (Phi) is 2.64. The Morgan fingerprint density at radius 3 is 2.75 bits per heavy atom. The molecule has 1 aromatic rings. The smallest absolute Gasteiger partial charge is 0.303 e. The SMILES string of the molecule is FC(F)(F)CNCc1cn[nH]n1. The van der Waals surface area contributed by atoms with Crippen molar-refractivity contribution >= 4 is 0 Å². The molecule has 0 aromatic carbocycles. The van der Waals surface area contributed by atoms with Crippen molar-refractivity contribution in [2.24, 2.45) is 0 Å². The van der Waals surface area contributed by atoms with Gasteiger partial charge in [-0.3, -0.25) is 0 Å². The van der Waals surface area contributed by atoms with Crippen molar-refractivity contribution in [3.05, 3.63) is 11.9 Å². The Morgan fingerprint density at radius 2 is 2.25 bits per heavy atom. The minimum absolute atomic E-state index is 0.0655. The highest BCUT2D eigenvalue weighted by Gasteiger charge is 2.26. The van der Waals surface area contributed by atoms with Gasteiger partial charge in [0.2, 0.25) is 0 Å². The minimum Gasteiger partial charge on any atom is -0.303 e. The maximum Gasteiger partial charge on any atom is 0.401 e. The van der Waals surface area contributed by atoms with Gasteiger partial charge in [-0.15, -0.1) is 0 Å². The number of nitrogens with one attached hydrogen (secondary N) is 2. The lowest BCUT2D eigenvalue weighted by Gasteiger charge is -2.05. The summed E-state index contributed by atoms with van der Waals surface area (Å²) in [6.07, 6.45) is -2.81. The second-order valence-electron chi connectivity index (χ2n) is 2.18. The molecule has 0 aliphatic rings. The van der Waals surface area contributed by atoms with Crippen LogP contribution in [0, 0.1) is 0 Å². The number of H-pyrrole nitrogens is 1. The molecular weight excluding hydrogens is 173 g/mol. The van der Waals surface area contributed by atoms with Crippen LogP contribution in [0.15, 0.2) is 6.20 Å². The van der Waals surface area contributed by atoms with E-state index in [1.165, 1.54) is 6.20 Å². The summed E-state index contributed by atoms with van der Waals surface area (Å²) < 4.78 is 34.7. The molecule has 1 rings (SSSR count). The highest BCUT2D eigenvalue weighted by molar-refractivity contribution is 4.89. The van der Waals surface area contributed by atoms with Crippen molar-refractivity contribution in [3.8, 4) is 0 Å². The van der Waals surface area contributed by atoms with Gasteiger partial charge in [0.15, 0.2) is 0 Å². The lowest BCUT2D eigenvalue weighted by Crippen LogP contribution is -2.28. The first-order valence-electron chi connectivity index (χ1n) is 3.20. The fourth-order valence-corrected chi connectivity index (χ4v) is 0.643. The summed E-state index contributed by atoms with van der Waals surface area (Å²) in [5, 5.41) is 11.5. The zero-order valence-corrected chi connectivity index (χ0v) is 6.02. The van der Waals surface area contributed by atoms with Crippen LogP contribution in [0.4, 0.5) is 13.2 Å². The second kappa shape index (κ2) is 3.53. The molecule has 1 heterocycles. The van der Waals surface area contributed by atoms with Crippen LogP contribution in [0.5, 0.6) is 0 Å². The first kappa shape index (κ1) is 8.98. The fourth-order valence-electron chi connectivity index (χ4n) is 0.643. The molecule has 0 saturated heterocycles. The van der Waals surface area contributed by atoms with Crippen LogP contribution in [0.1, 0.15) is 5.69 Å². The van der Waals surface area contributed by atoms with Crippen molar-refractivity contribution in [2.75, 3.05) is 6.54 Å². The predicted octanol–water partition coefficient (Wildman–Crippen LogP) is 0.457. The average Bonchev–Trinajstić information content (AvgIpc) is 2.36. The van der Waals surface area contributed by atoms with E-state index < -0.39 is 12.7 Å². The molecule has 12 heavy (non-hydrogen) atoms. The zero-order valence-electron chi connectivity index (χ0n) is 6.02. The van der Waals surface area contributed by atoms with Crippen LogP contribution < -0.4 is 5.32 Å². The number of hydrogen-bond donors (Lipinski definition) is 2. The lowest BCUT2D eigenvalue weighted by molar-refractivity contribution is -0.125. The average molecular weight is 180 g/mol. The number of aromatic nitrogens is 3. The Morgan fingerprint density at radius 1 is 1.50 bits per heavy atom. The van der Waals surface area contributed by atoms with E-state index in [0.717, 1.165) is 0 Å². The number of rotatable bonds is 3. The van der Waals surface area contributed by atoms with Gasteiger partial charge in [0.1, 0.15) is 0 Å². The Hall–Kier alpha value is -1.11. The number of aromatic amines is 1. The van der Waals surface area contributed by atoms with E-state index in [0.29, 0.717) is 5.69 Å². The van der Waals surface area contributed by atoms with Crippen molar-refractivity contribution in [1.29, 1.82) is 0 Å². The predicted molar refractivity (Wildman–Crippen MR) is 34.1 cm³/mol. The van der Waals surface area contributed by atoms with Crippen molar-refractivity contribution in [1.82, 2.24) is 20.7 Å². The van der Waals surface area contributed by atoms with Gasteiger partial charge in [0.25, 0.3) is 0 Å². The summed E-state index contributed by atoms with van der Waals surface area (Å²) in [5.74, 6) is 0. The number of hydrogen-bond acceptors (Lipinski definition) is 3. The summed E-state index contributed by atoms with van der Waals surface area (Å²) in [7, 11) is 0. The highest BCUT2D eigenvalue weighted by Crippen LogP contribution is 2.12. The third kappa shape index (κ3) is 3.33. The molecule has 0 atom stereocenters. The van der Waals surface area contributed by atoms with E-state index in [4.69, 9.17) is 0 Å². The molecule has 4 nitrogen and oxygen atoms in total. The first-order chi connectivity index (χ1) is 5.58. The third-order valence-corrected chi connectivity index (χ3v) is 1.10. The van der Waals surface area contributed by atoms with E-state index in [1.54, 1.807) is 0 Å². The molecule has 0 aliphatic heterocycles. The second-order valence-corrected chi connectivity index (χ2v) is 2.18. The van der Waals surface area contributed by atoms with E-state index in [1.807, 2.05) is 0 Å². The molecule has 0 amide bonds. The van der Waals surface area contributed by atoms with Crippen LogP contribution >= 0.6 is 0 Å². The first-order valence-corrected chi connectivity index (χ1v) is 3.20. The van der Waals surface area contributed by atoms with Gasteiger partial charge in [-0.05, 0) is 0 Å². The van der Waals surface area contributed by atoms with Gasteiger partial charge in [-0.25, -0.2) is 0 Å². The van der Waals surface area contributed by atoms with Gasteiger partial charge in [0.05, 0.1) is 18.4 Å². The Balaban J connectivity index is 2.20. The van der Waals surface area contributed by atoms with Crippen LogP contribution in [0.2, 0.25) is 0 Å². The van der Waals surface area contributed by atoms with Gasteiger partial charge in [-0.1, -0.05) is 0 Å². The summed E-state index contributed by atoms with van der Waals surface area (Å²) >= 11 is 0. The van der Waals surface area contributed by atoms with Crippen molar-refractivity contribution < 1.29 is 13.2 Å². The van der Waals surface area contributed by atoms with E-state index >= 15 is 0 Å². The van der Waals surface area contributed by atoms with Crippen LogP contribution in [0.3, 0.4) is 0 Å². The fraction of sp³-hybridized carbons (Fsp3) is 0.600. The standard InChI is InChI=1S/C5H7F3N4/c6-5(7,8)3-9-1-4-2-10-12-11-4/h2,9H,1,3H2,(H,10,11,12). The molecule has 0 fully saturated rings. The van der Waals surface area contributed by atoms with Crippen molar-refractivity contribution in [3.63, 3.8) is 0 Å².